The Bertz CT molecular complexity index is 745. The van der Waals surface area contributed by atoms with E-state index in [1.165, 1.54) is 7.11 Å². The number of rotatable bonds is 5. The van der Waals surface area contributed by atoms with Crippen molar-refractivity contribution in [3.63, 3.8) is 0 Å². The fourth-order valence-electron chi connectivity index (χ4n) is 2.44. The van der Waals surface area contributed by atoms with Crippen molar-refractivity contribution >= 4 is 17.6 Å². The molecule has 0 saturated carbocycles. The first-order chi connectivity index (χ1) is 10.9. The normalized spacial score (nSPS) is 10.7. The molecule has 8 heteroatoms. The average Bonchev–Trinajstić information content (AvgIpc) is 3.06. The number of nitrogens with one attached hydrogen (secondary N) is 1. The van der Waals surface area contributed by atoms with E-state index >= 15 is 0 Å². The third-order valence-corrected chi connectivity index (χ3v) is 3.62. The fourth-order valence-corrected chi connectivity index (χ4v) is 2.44. The van der Waals surface area contributed by atoms with Gasteiger partial charge in [-0.2, -0.15) is 10.2 Å². The number of amides is 1. The summed E-state index contributed by atoms with van der Waals surface area (Å²) in [5, 5.41) is 11.2. The lowest BCUT2D eigenvalue weighted by atomic mass is 10.2. The van der Waals surface area contributed by atoms with Crippen molar-refractivity contribution in [2.45, 2.75) is 40.8 Å². The van der Waals surface area contributed by atoms with E-state index in [0.717, 1.165) is 5.69 Å². The molecule has 23 heavy (non-hydrogen) atoms. The molecule has 0 aliphatic rings. The smallest absolute Gasteiger partial charge is 0.360 e. The Labute approximate surface area is 134 Å². The molecule has 0 saturated heterocycles. The van der Waals surface area contributed by atoms with Gasteiger partial charge in [-0.1, -0.05) is 0 Å². The molecule has 0 aliphatic heterocycles. The van der Waals surface area contributed by atoms with Crippen molar-refractivity contribution in [1.29, 1.82) is 0 Å². The molecule has 0 bridgehead atoms. The molecule has 0 spiro atoms. The van der Waals surface area contributed by atoms with Crippen molar-refractivity contribution in [3.8, 4) is 0 Å². The number of carbonyl (C=O) groups is 2. The Morgan fingerprint density at radius 3 is 2.43 bits per heavy atom. The Kier molecular flexibility index (Phi) is 4.83. The maximum Gasteiger partial charge on any atom is 0.360 e. The van der Waals surface area contributed by atoms with Gasteiger partial charge in [0.15, 0.2) is 5.69 Å². The quantitative estimate of drug-likeness (QED) is 0.848. The first-order valence-electron chi connectivity index (χ1n) is 7.43. The van der Waals surface area contributed by atoms with Gasteiger partial charge in [-0.3, -0.25) is 14.2 Å². The van der Waals surface area contributed by atoms with Gasteiger partial charge in [0.25, 0.3) is 5.91 Å². The third kappa shape index (κ3) is 3.10. The van der Waals surface area contributed by atoms with Gasteiger partial charge in [0, 0.05) is 25.0 Å². The minimum absolute atomic E-state index is 0.0842. The van der Waals surface area contributed by atoms with E-state index in [9.17, 15) is 9.59 Å². The second kappa shape index (κ2) is 6.64. The highest BCUT2D eigenvalue weighted by Gasteiger charge is 2.23. The summed E-state index contributed by atoms with van der Waals surface area (Å²) in [5.74, 6) is -0.911. The molecule has 0 fully saturated rings. The van der Waals surface area contributed by atoms with E-state index in [1.54, 1.807) is 22.5 Å². The Morgan fingerprint density at radius 2 is 1.91 bits per heavy atom. The SMILES string of the molecule is CCn1cc(NC(=O)c2c(C)nn(CC)c2C)c(C(=O)OC)n1. The van der Waals surface area contributed by atoms with Crippen LogP contribution >= 0.6 is 0 Å². The summed E-state index contributed by atoms with van der Waals surface area (Å²) in [6.45, 7) is 8.73. The van der Waals surface area contributed by atoms with Gasteiger partial charge < -0.3 is 10.1 Å². The molecule has 0 atom stereocenters. The minimum atomic E-state index is -0.592. The zero-order valence-electron chi connectivity index (χ0n) is 14.0. The van der Waals surface area contributed by atoms with Crippen LogP contribution < -0.4 is 5.32 Å². The van der Waals surface area contributed by atoms with E-state index in [0.29, 0.717) is 30.0 Å². The maximum absolute atomic E-state index is 12.6. The van der Waals surface area contributed by atoms with Crippen molar-refractivity contribution in [2.24, 2.45) is 0 Å². The summed E-state index contributed by atoms with van der Waals surface area (Å²) in [7, 11) is 1.28. The molecule has 2 aromatic heterocycles. The number of anilines is 1. The molecule has 0 unspecified atom stereocenters. The lowest BCUT2D eigenvalue weighted by Gasteiger charge is -2.05. The predicted octanol–water partition coefficient (Wildman–Crippen LogP) is 1.78. The first-order valence-corrected chi connectivity index (χ1v) is 7.43. The first kappa shape index (κ1) is 16.7. The molecule has 0 aliphatic carbocycles. The van der Waals surface area contributed by atoms with E-state index in [4.69, 9.17) is 4.74 Å². The van der Waals surface area contributed by atoms with Gasteiger partial charge in [-0.25, -0.2) is 4.79 Å². The zero-order valence-corrected chi connectivity index (χ0v) is 14.0. The number of ether oxygens (including phenoxy) is 1. The van der Waals surface area contributed by atoms with Crippen LogP contribution in [0.3, 0.4) is 0 Å². The monoisotopic (exact) mass is 319 g/mol. The fraction of sp³-hybridized carbons (Fsp3) is 0.467. The molecule has 2 rings (SSSR count). The molecule has 1 N–H and O–H groups in total. The number of aryl methyl sites for hydroxylation is 3. The van der Waals surface area contributed by atoms with Gasteiger partial charge in [0.1, 0.15) is 0 Å². The van der Waals surface area contributed by atoms with Crippen LogP contribution in [0.5, 0.6) is 0 Å². The van der Waals surface area contributed by atoms with Crippen LogP contribution in [-0.4, -0.2) is 38.5 Å². The van der Waals surface area contributed by atoms with E-state index in [-0.39, 0.29) is 11.6 Å². The molecular formula is C15H21N5O3. The van der Waals surface area contributed by atoms with E-state index in [2.05, 4.69) is 15.5 Å². The zero-order chi connectivity index (χ0) is 17.1. The van der Waals surface area contributed by atoms with Gasteiger partial charge in [-0.15, -0.1) is 0 Å². The van der Waals surface area contributed by atoms with Crippen molar-refractivity contribution in [2.75, 3.05) is 12.4 Å². The molecule has 2 heterocycles. The van der Waals surface area contributed by atoms with Crippen molar-refractivity contribution < 1.29 is 14.3 Å². The summed E-state index contributed by atoms with van der Waals surface area (Å²) in [6.07, 6.45) is 1.61. The van der Waals surface area contributed by atoms with E-state index < -0.39 is 5.97 Å². The van der Waals surface area contributed by atoms with Crippen molar-refractivity contribution in [3.05, 3.63) is 28.8 Å². The summed E-state index contributed by atoms with van der Waals surface area (Å²) in [5.41, 5.74) is 2.34. The summed E-state index contributed by atoms with van der Waals surface area (Å²) >= 11 is 0. The molecule has 2 aromatic rings. The topological polar surface area (TPSA) is 91.0 Å². The number of nitrogens with zero attached hydrogens (tertiary/aromatic N) is 4. The van der Waals surface area contributed by atoms with Crippen LogP contribution in [-0.2, 0) is 17.8 Å². The Morgan fingerprint density at radius 1 is 1.22 bits per heavy atom. The number of methoxy groups -OCH3 is 1. The van der Waals surface area contributed by atoms with Crippen LogP contribution in [0.15, 0.2) is 6.20 Å². The summed E-state index contributed by atoms with van der Waals surface area (Å²) < 4.78 is 8.04. The second-order valence-electron chi connectivity index (χ2n) is 5.05. The van der Waals surface area contributed by atoms with Gasteiger partial charge in [0.05, 0.1) is 24.1 Å². The lowest BCUT2D eigenvalue weighted by Crippen LogP contribution is -2.16. The largest absolute Gasteiger partial charge is 0.464 e. The van der Waals surface area contributed by atoms with Crippen LogP contribution in [0.4, 0.5) is 5.69 Å². The van der Waals surface area contributed by atoms with Gasteiger partial charge in [0.2, 0.25) is 0 Å². The number of aromatic nitrogens is 4. The number of hydrogen-bond donors (Lipinski definition) is 1. The molecule has 124 valence electrons. The number of esters is 1. The molecule has 8 nitrogen and oxygen atoms in total. The van der Waals surface area contributed by atoms with Crippen LogP contribution in [0.25, 0.3) is 0 Å². The summed E-state index contributed by atoms with van der Waals surface area (Å²) in [4.78, 5) is 24.4. The van der Waals surface area contributed by atoms with Gasteiger partial charge >= 0.3 is 5.97 Å². The molecular weight excluding hydrogens is 298 g/mol. The predicted molar refractivity (Wildman–Crippen MR) is 84.6 cm³/mol. The molecule has 1 amide bonds. The van der Waals surface area contributed by atoms with Crippen LogP contribution in [0, 0.1) is 13.8 Å². The minimum Gasteiger partial charge on any atom is -0.464 e. The number of carbonyl (C=O) groups excluding carboxylic acids is 2. The second-order valence-corrected chi connectivity index (χ2v) is 5.05. The molecule has 0 radical (unpaired) electrons. The lowest BCUT2D eigenvalue weighted by molar-refractivity contribution is 0.0594. The highest BCUT2D eigenvalue weighted by molar-refractivity contribution is 6.08. The van der Waals surface area contributed by atoms with Gasteiger partial charge in [-0.05, 0) is 27.7 Å². The van der Waals surface area contributed by atoms with E-state index in [1.807, 2.05) is 20.8 Å². The Hall–Kier alpha value is -2.64. The highest BCUT2D eigenvalue weighted by atomic mass is 16.5. The van der Waals surface area contributed by atoms with Crippen molar-refractivity contribution in [1.82, 2.24) is 19.6 Å². The maximum atomic E-state index is 12.6. The van der Waals surface area contributed by atoms with Crippen LogP contribution in [0.2, 0.25) is 0 Å². The summed E-state index contributed by atoms with van der Waals surface area (Å²) in [6, 6.07) is 0. The highest BCUT2D eigenvalue weighted by Crippen LogP contribution is 2.19. The third-order valence-electron chi connectivity index (χ3n) is 3.62. The standard InChI is InChI=1S/C15H21N5O3/c1-6-19-8-11(13(18-19)15(22)23-5)16-14(21)12-9(3)17-20(7-2)10(12)4/h8H,6-7H2,1-5H3,(H,16,21). The average molecular weight is 319 g/mol. The number of hydrogen-bond acceptors (Lipinski definition) is 5. The van der Waals surface area contributed by atoms with Crippen LogP contribution in [0.1, 0.15) is 46.1 Å². The molecule has 0 aromatic carbocycles. The Balaban J connectivity index is 2.36.